The van der Waals surface area contributed by atoms with E-state index < -0.39 is 5.97 Å². The predicted molar refractivity (Wildman–Crippen MR) is 40.6 cm³/mol. The highest BCUT2D eigenvalue weighted by molar-refractivity contribution is 9.10. The summed E-state index contributed by atoms with van der Waals surface area (Å²) in [6.07, 6.45) is 1.08. The molecule has 1 aromatic rings. The molecule has 0 unspecified atom stereocenters. The number of hydrogen-bond acceptors (Lipinski definition) is 3. The Morgan fingerprint density at radius 2 is 2.27 bits per heavy atom. The molecular weight excluding hydrogens is 214 g/mol. The van der Waals surface area contributed by atoms with Crippen molar-refractivity contribution in [2.45, 2.75) is 0 Å². The molecule has 1 aromatic heterocycles. The lowest BCUT2D eigenvalue weighted by molar-refractivity contribution is 0.0689. The third-order valence-corrected chi connectivity index (χ3v) is 1.63. The summed E-state index contributed by atoms with van der Waals surface area (Å²) in [5.41, 5.74) is -0.109. The molecule has 11 heavy (non-hydrogen) atoms. The molecule has 0 aliphatic carbocycles. The van der Waals surface area contributed by atoms with Crippen molar-refractivity contribution in [1.82, 2.24) is 4.98 Å². The minimum Gasteiger partial charge on any atom is -0.506 e. The molecule has 0 spiro atoms. The van der Waals surface area contributed by atoms with Crippen LogP contribution in [0.25, 0.3) is 0 Å². The van der Waals surface area contributed by atoms with Gasteiger partial charge >= 0.3 is 5.97 Å². The fourth-order valence-corrected chi connectivity index (χ4v) is 1.09. The van der Waals surface area contributed by atoms with Crippen LogP contribution in [-0.4, -0.2) is 21.2 Å². The Kier molecular flexibility index (Phi) is 2.09. The number of hydrogen-bond donors (Lipinski definition) is 2. The van der Waals surface area contributed by atoms with Gasteiger partial charge in [-0.15, -0.1) is 0 Å². The van der Waals surface area contributed by atoms with Crippen LogP contribution in [0.15, 0.2) is 16.7 Å². The minimum atomic E-state index is -1.13. The molecule has 4 nitrogen and oxygen atoms in total. The van der Waals surface area contributed by atoms with Crippen molar-refractivity contribution in [1.29, 1.82) is 0 Å². The van der Waals surface area contributed by atoms with Crippen LogP contribution in [0.2, 0.25) is 0 Å². The van der Waals surface area contributed by atoms with Crippen molar-refractivity contribution < 1.29 is 15.0 Å². The molecule has 0 saturated heterocycles. The van der Waals surface area contributed by atoms with Gasteiger partial charge in [0, 0.05) is 0 Å². The molecule has 58 valence electrons. The topological polar surface area (TPSA) is 70.4 Å². The molecular formula is C6H4BrNO3. The first-order valence-corrected chi connectivity index (χ1v) is 3.48. The molecule has 0 atom stereocenters. The second kappa shape index (κ2) is 2.87. The van der Waals surface area contributed by atoms with Gasteiger partial charge in [-0.25, -0.2) is 9.78 Å². The summed E-state index contributed by atoms with van der Waals surface area (Å²) in [6.45, 7) is 0. The zero-order chi connectivity index (χ0) is 8.43. The van der Waals surface area contributed by atoms with E-state index in [1.807, 2.05) is 0 Å². The molecule has 0 radical (unpaired) electrons. The third-order valence-electron chi connectivity index (χ3n) is 1.03. The van der Waals surface area contributed by atoms with Gasteiger partial charge in [-0.1, -0.05) is 0 Å². The highest BCUT2D eigenvalue weighted by Crippen LogP contribution is 2.19. The number of aromatic nitrogens is 1. The van der Waals surface area contributed by atoms with E-state index in [2.05, 4.69) is 20.9 Å². The fourth-order valence-electron chi connectivity index (χ4n) is 0.585. The summed E-state index contributed by atoms with van der Waals surface area (Å²) in [5, 5.41) is 17.3. The molecule has 0 amide bonds. The van der Waals surface area contributed by atoms with E-state index in [0.717, 1.165) is 6.20 Å². The largest absolute Gasteiger partial charge is 0.506 e. The summed E-state index contributed by atoms with van der Waals surface area (Å²) in [5.74, 6) is -1.20. The molecule has 2 N–H and O–H groups in total. The Bertz CT molecular complexity index is 300. The standard InChI is InChI=1S/C6H4BrNO3/c7-4-1-3(9)2-8-5(4)6(10)11/h1-2,9H,(H,10,11). The van der Waals surface area contributed by atoms with Crippen molar-refractivity contribution >= 4 is 21.9 Å². The van der Waals surface area contributed by atoms with Gasteiger partial charge in [0.1, 0.15) is 5.75 Å². The maximum atomic E-state index is 10.4. The molecule has 0 aliphatic heterocycles. The van der Waals surface area contributed by atoms with Gasteiger partial charge in [0.15, 0.2) is 5.69 Å². The maximum Gasteiger partial charge on any atom is 0.355 e. The number of nitrogens with zero attached hydrogens (tertiary/aromatic N) is 1. The second-order valence-corrected chi connectivity index (χ2v) is 2.68. The van der Waals surface area contributed by atoms with Crippen LogP contribution in [0, 0.1) is 0 Å². The summed E-state index contributed by atoms with van der Waals surface area (Å²) in [7, 11) is 0. The zero-order valence-corrected chi connectivity index (χ0v) is 6.87. The fraction of sp³-hybridized carbons (Fsp3) is 0. The van der Waals surface area contributed by atoms with Crippen molar-refractivity contribution in [3.8, 4) is 5.75 Å². The van der Waals surface area contributed by atoms with Crippen LogP contribution >= 0.6 is 15.9 Å². The Labute approximate surface area is 70.6 Å². The number of rotatable bonds is 1. The predicted octanol–water partition coefficient (Wildman–Crippen LogP) is 1.25. The summed E-state index contributed by atoms with van der Waals surface area (Å²) >= 11 is 2.94. The van der Waals surface area contributed by atoms with Crippen LogP contribution in [0.4, 0.5) is 0 Å². The van der Waals surface area contributed by atoms with Crippen LogP contribution in [-0.2, 0) is 0 Å². The lowest BCUT2D eigenvalue weighted by atomic mass is 10.3. The van der Waals surface area contributed by atoms with Crippen molar-refractivity contribution in [3.05, 3.63) is 22.4 Å². The first kappa shape index (κ1) is 8.00. The number of halogens is 1. The Balaban J connectivity index is 3.20. The van der Waals surface area contributed by atoms with Gasteiger partial charge in [0.2, 0.25) is 0 Å². The number of aromatic hydroxyl groups is 1. The molecule has 0 aliphatic rings. The number of aromatic carboxylic acids is 1. The van der Waals surface area contributed by atoms with Gasteiger partial charge in [-0.05, 0) is 22.0 Å². The van der Waals surface area contributed by atoms with Gasteiger partial charge in [-0.3, -0.25) is 0 Å². The molecule has 0 bridgehead atoms. The molecule has 0 saturated carbocycles. The quantitative estimate of drug-likeness (QED) is 0.743. The van der Waals surface area contributed by atoms with Crippen LogP contribution < -0.4 is 0 Å². The van der Waals surface area contributed by atoms with E-state index in [-0.39, 0.29) is 15.9 Å². The van der Waals surface area contributed by atoms with Crippen LogP contribution in [0.5, 0.6) is 5.75 Å². The van der Waals surface area contributed by atoms with E-state index in [1.54, 1.807) is 0 Å². The first-order valence-electron chi connectivity index (χ1n) is 2.69. The van der Waals surface area contributed by atoms with E-state index >= 15 is 0 Å². The minimum absolute atomic E-state index is 0.0677. The van der Waals surface area contributed by atoms with Crippen molar-refractivity contribution in [2.75, 3.05) is 0 Å². The highest BCUT2D eigenvalue weighted by Gasteiger charge is 2.09. The van der Waals surface area contributed by atoms with E-state index in [1.165, 1.54) is 6.07 Å². The normalized spacial score (nSPS) is 9.55. The number of carboxylic acids is 1. The third kappa shape index (κ3) is 1.68. The van der Waals surface area contributed by atoms with Gasteiger partial charge in [0.05, 0.1) is 10.7 Å². The Hall–Kier alpha value is -1.10. The molecule has 0 fully saturated rings. The molecule has 1 rings (SSSR count). The number of pyridine rings is 1. The van der Waals surface area contributed by atoms with Gasteiger partial charge in [0.25, 0.3) is 0 Å². The average molecular weight is 218 g/mol. The lowest BCUT2D eigenvalue weighted by Gasteiger charge is -1.96. The van der Waals surface area contributed by atoms with Crippen LogP contribution in [0.1, 0.15) is 10.5 Å². The highest BCUT2D eigenvalue weighted by atomic mass is 79.9. The Morgan fingerprint density at radius 3 is 2.73 bits per heavy atom. The lowest BCUT2D eigenvalue weighted by Crippen LogP contribution is -2.00. The monoisotopic (exact) mass is 217 g/mol. The average Bonchev–Trinajstić information content (AvgIpc) is 1.85. The summed E-state index contributed by atoms with van der Waals surface area (Å²) < 4.78 is 0.269. The second-order valence-electron chi connectivity index (χ2n) is 1.83. The number of carboxylic acid groups (broad SMARTS) is 1. The molecule has 1 heterocycles. The first-order chi connectivity index (χ1) is 5.11. The Morgan fingerprint density at radius 1 is 1.64 bits per heavy atom. The van der Waals surface area contributed by atoms with E-state index in [4.69, 9.17) is 10.2 Å². The van der Waals surface area contributed by atoms with Gasteiger partial charge < -0.3 is 10.2 Å². The van der Waals surface area contributed by atoms with E-state index in [9.17, 15) is 4.79 Å². The number of carbonyl (C=O) groups is 1. The molecule has 0 aromatic carbocycles. The smallest absolute Gasteiger partial charge is 0.355 e. The van der Waals surface area contributed by atoms with Crippen molar-refractivity contribution in [3.63, 3.8) is 0 Å². The zero-order valence-electron chi connectivity index (χ0n) is 5.28. The SMILES string of the molecule is O=C(O)c1ncc(O)cc1Br. The van der Waals surface area contributed by atoms with E-state index in [0.29, 0.717) is 0 Å². The van der Waals surface area contributed by atoms with Crippen LogP contribution in [0.3, 0.4) is 0 Å². The summed E-state index contributed by atoms with van der Waals surface area (Å²) in [6, 6.07) is 1.27. The molecule has 5 heteroatoms. The summed E-state index contributed by atoms with van der Waals surface area (Å²) in [4.78, 5) is 13.8. The maximum absolute atomic E-state index is 10.4. The van der Waals surface area contributed by atoms with Gasteiger partial charge in [-0.2, -0.15) is 0 Å². The van der Waals surface area contributed by atoms with Crippen molar-refractivity contribution in [2.24, 2.45) is 0 Å².